The number of carbonyl (C=O) groups excluding carboxylic acids is 1. The lowest BCUT2D eigenvalue weighted by Gasteiger charge is -2.19. The Bertz CT molecular complexity index is 733. The maximum atomic E-state index is 12.1. The van der Waals surface area contributed by atoms with Gasteiger partial charge in [0.05, 0.1) is 5.02 Å². The quantitative estimate of drug-likeness (QED) is 0.792. The van der Waals surface area contributed by atoms with Crippen molar-refractivity contribution in [3.05, 3.63) is 57.0 Å². The average Bonchev–Trinajstić information content (AvgIpc) is 2.56. The third kappa shape index (κ3) is 4.06. The Balaban J connectivity index is 1.62. The number of hydrogen-bond donors (Lipinski definition) is 1. The molecule has 1 amide bonds. The van der Waals surface area contributed by atoms with Gasteiger partial charge in [0.25, 0.3) is 5.91 Å². The van der Waals surface area contributed by atoms with E-state index in [0.29, 0.717) is 10.7 Å². The summed E-state index contributed by atoms with van der Waals surface area (Å²) < 4.78 is 6.53. The van der Waals surface area contributed by atoms with Crippen molar-refractivity contribution in [1.29, 1.82) is 0 Å². The topological polar surface area (TPSA) is 38.3 Å². The highest BCUT2D eigenvalue weighted by Crippen LogP contribution is 2.29. The molecule has 1 aliphatic rings. The minimum Gasteiger partial charge on any atom is -0.483 e. The maximum absolute atomic E-state index is 12.1. The van der Waals surface area contributed by atoms with Crippen molar-refractivity contribution in [2.45, 2.75) is 25.7 Å². The minimum atomic E-state index is -0.197. The smallest absolute Gasteiger partial charge is 0.262 e. The number of amides is 1. The molecule has 1 N–H and O–H groups in total. The Morgan fingerprint density at radius 2 is 2.04 bits per heavy atom. The van der Waals surface area contributed by atoms with Crippen LogP contribution in [0.1, 0.15) is 24.0 Å². The van der Waals surface area contributed by atoms with E-state index in [1.807, 2.05) is 12.1 Å². The van der Waals surface area contributed by atoms with Crippen molar-refractivity contribution >= 4 is 39.1 Å². The summed E-state index contributed by atoms with van der Waals surface area (Å²) >= 11 is 9.34. The van der Waals surface area contributed by atoms with Gasteiger partial charge in [-0.25, -0.2) is 0 Å². The van der Waals surface area contributed by atoms with Gasteiger partial charge in [-0.3, -0.25) is 4.79 Å². The molecule has 0 saturated heterocycles. The van der Waals surface area contributed by atoms with Crippen molar-refractivity contribution in [1.82, 2.24) is 0 Å². The molecule has 0 unspecified atom stereocenters. The van der Waals surface area contributed by atoms with E-state index in [9.17, 15) is 4.79 Å². The molecule has 120 valence electrons. The number of rotatable bonds is 4. The normalized spacial score (nSPS) is 13.3. The van der Waals surface area contributed by atoms with Gasteiger partial charge < -0.3 is 10.1 Å². The van der Waals surface area contributed by atoms with Gasteiger partial charge in [0.1, 0.15) is 5.75 Å². The van der Waals surface area contributed by atoms with Crippen LogP contribution in [0, 0.1) is 0 Å². The number of aryl methyl sites for hydroxylation is 1. The second-order valence-corrected chi connectivity index (χ2v) is 6.83. The first-order chi connectivity index (χ1) is 11.1. The van der Waals surface area contributed by atoms with Gasteiger partial charge >= 0.3 is 0 Å². The third-order valence-electron chi connectivity index (χ3n) is 3.92. The molecule has 0 saturated carbocycles. The Kier molecular flexibility index (Phi) is 5.23. The second-order valence-electron chi connectivity index (χ2n) is 5.57. The summed E-state index contributed by atoms with van der Waals surface area (Å²) in [7, 11) is 0. The Morgan fingerprint density at radius 1 is 1.22 bits per heavy atom. The molecule has 3 nitrogen and oxygen atoms in total. The van der Waals surface area contributed by atoms with Crippen LogP contribution in [0.2, 0.25) is 5.02 Å². The number of nitrogens with one attached hydrogen (secondary N) is 1. The molecule has 0 atom stereocenters. The molecule has 2 aromatic carbocycles. The molecule has 2 aromatic rings. The fourth-order valence-corrected chi connectivity index (χ4v) is 3.22. The van der Waals surface area contributed by atoms with Crippen LogP contribution in [0.4, 0.5) is 5.69 Å². The summed E-state index contributed by atoms with van der Waals surface area (Å²) in [4.78, 5) is 12.1. The summed E-state index contributed by atoms with van der Waals surface area (Å²) in [6.07, 6.45) is 4.52. The summed E-state index contributed by atoms with van der Waals surface area (Å²) in [6, 6.07) is 11.4. The first-order valence-corrected chi connectivity index (χ1v) is 8.79. The highest BCUT2D eigenvalue weighted by Gasteiger charge is 2.14. The lowest BCUT2D eigenvalue weighted by molar-refractivity contribution is -0.118. The summed E-state index contributed by atoms with van der Waals surface area (Å²) in [5.41, 5.74) is 3.24. The summed E-state index contributed by atoms with van der Waals surface area (Å²) in [5.74, 6) is 0.628. The van der Waals surface area contributed by atoms with Gasteiger partial charge in [-0.1, -0.05) is 23.7 Å². The van der Waals surface area contributed by atoms with E-state index in [0.717, 1.165) is 23.1 Å². The molecule has 0 bridgehead atoms. The highest BCUT2D eigenvalue weighted by atomic mass is 79.9. The maximum Gasteiger partial charge on any atom is 0.262 e. The second kappa shape index (κ2) is 7.37. The van der Waals surface area contributed by atoms with Gasteiger partial charge in [-0.2, -0.15) is 0 Å². The number of hydrogen-bond acceptors (Lipinski definition) is 2. The standard InChI is InChI=1S/C18H17BrClNO2/c19-15-9-8-13(10-16(15)20)21-18(22)11-23-17-7-3-5-12-4-1-2-6-14(12)17/h3,5,7-10H,1-2,4,6,11H2,(H,21,22). The van der Waals surface area contributed by atoms with Crippen LogP contribution in [0.3, 0.4) is 0 Å². The van der Waals surface area contributed by atoms with Crippen molar-refractivity contribution in [2.75, 3.05) is 11.9 Å². The summed E-state index contributed by atoms with van der Waals surface area (Å²) in [5, 5.41) is 3.35. The molecule has 0 spiro atoms. The monoisotopic (exact) mass is 393 g/mol. The van der Waals surface area contributed by atoms with Gasteiger partial charge in [-0.05, 0) is 77.0 Å². The molecule has 23 heavy (non-hydrogen) atoms. The average molecular weight is 395 g/mol. The predicted octanol–water partition coefficient (Wildman–Crippen LogP) is 5.00. The van der Waals surface area contributed by atoms with Crippen LogP contribution in [0.15, 0.2) is 40.9 Å². The van der Waals surface area contributed by atoms with E-state index >= 15 is 0 Å². The molecular weight excluding hydrogens is 378 g/mol. The third-order valence-corrected chi connectivity index (χ3v) is 5.15. The first-order valence-electron chi connectivity index (χ1n) is 7.62. The van der Waals surface area contributed by atoms with E-state index in [1.165, 1.54) is 24.0 Å². The number of halogens is 2. The highest BCUT2D eigenvalue weighted by molar-refractivity contribution is 9.10. The van der Waals surface area contributed by atoms with E-state index in [-0.39, 0.29) is 12.5 Å². The van der Waals surface area contributed by atoms with E-state index < -0.39 is 0 Å². The largest absolute Gasteiger partial charge is 0.483 e. The molecule has 0 aromatic heterocycles. The van der Waals surface area contributed by atoms with E-state index in [1.54, 1.807) is 18.2 Å². The Hall–Kier alpha value is -1.52. The fourth-order valence-electron chi connectivity index (χ4n) is 2.80. The van der Waals surface area contributed by atoms with Crippen molar-refractivity contribution < 1.29 is 9.53 Å². The molecule has 1 aliphatic carbocycles. The predicted molar refractivity (Wildman–Crippen MR) is 96.4 cm³/mol. The fraction of sp³-hybridized carbons (Fsp3) is 0.278. The minimum absolute atomic E-state index is 0.00979. The number of ether oxygens (including phenoxy) is 1. The zero-order valence-electron chi connectivity index (χ0n) is 12.6. The van der Waals surface area contributed by atoms with Crippen LogP contribution in [-0.4, -0.2) is 12.5 Å². The Labute approximate surface area is 149 Å². The molecule has 0 heterocycles. The lowest BCUT2D eigenvalue weighted by Crippen LogP contribution is -2.21. The van der Waals surface area contributed by atoms with Crippen molar-refractivity contribution in [2.24, 2.45) is 0 Å². The molecule has 0 aliphatic heterocycles. The molecule has 0 radical (unpaired) electrons. The zero-order chi connectivity index (χ0) is 16.2. The van der Waals surface area contributed by atoms with Crippen molar-refractivity contribution in [3.63, 3.8) is 0 Å². The van der Waals surface area contributed by atoms with E-state index in [2.05, 4.69) is 27.3 Å². The van der Waals surface area contributed by atoms with Crippen LogP contribution in [0.5, 0.6) is 5.75 Å². The van der Waals surface area contributed by atoms with Crippen LogP contribution >= 0.6 is 27.5 Å². The first kappa shape index (κ1) is 16.3. The number of fused-ring (bicyclic) bond motifs is 1. The van der Waals surface area contributed by atoms with Gasteiger partial charge in [0.2, 0.25) is 0 Å². The SMILES string of the molecule is O=C(COc1cccc2c1CCCC2)Nc1ccc(Br)c(Cl)c1. The number of anilines is 1. The summed E-state index contributed by atoms with van der Waals surface area (Å²) in [6.45, 7) is -0.00979. The van der Waals surface area contributed by atoms with Crippen LogP contribution in [-0.2, 0) is 17.6 Å². The molecule has 5 heteroatoms. The lowest BCUT2D eigenvalue weighted by atomic mass is 9.91. The van der Waals surface area contributed by atoms with E-state index in [4.69, 9.17) is 16.3 Å². The van der Waals surface area contributed by atoms with Gasteiger partial charge in [0.15, 0.2) is 6.61 Å². The molecule has 3 rings (SSSR count). The molecular formula is C18H17BrClNO2. The Morgan fingerprint density at radius 3 is 2.87 bits per heavy atom. The molecule has 0 fully saturated rings. The number of carbonyl (C=O) groups is 1. The van der Waals surface area contributed by atoms with Gasteiger partial charge in [0, 0.05) is 10.2 Å². The van der Waals surface area contributed by atoms with Crippen LogP contribution in [0.25, 0.3) is 0 Å². The van der Waals surface area contributed by atoms with Crippen molar-refractivity contribution in [3.8, 4) is 5.75 Å². The van der Waals surface area contributed by atoms with Crippen LogP contribution < -0.4 is 10.1 Å². The van der Waals surface area contributed by atoms with Gasteiger partial charge in [-0.15, -0.1) is 0 Å². The zero-order valence-corrected chi connectivity index (χ0v) is 14.9. The number of benzene rings is 2.